The summed E-state index contributed by atoms with van der Waals surface area (Å²) in [7, 11) is 1.32. The van der Waals surface area contributed by atoms with Crippen LogP contribution in [-0.4, -0.2) is 43.5 Å². The predicted octanol–water partition coefficient (Wildman–Crippen LogP) is -0.0572. The second-order valence-corrected chi connectivity index (χ2v) is 4.39. The quantitative estimate of drug-likeness (QED) is 0.657. The molecule has 1 rings (SSSR count). The van der Waals surface area contributed by atoms with Crippen molar-refractivity contribution in [2.24, 2.45) is 0 Å². The van der Waals surface area contributed by atoms with Crippen LogP contribution >= 0.6 is 0 Å². The van der Waals surface area contributed by atoms with Crippen molar-refractivity contribution in [1.29, 1.82) is 0 Å². The van der Waals surface area contributed by atoms with Gasteiger partial charge < -0.3 is 15.4 Å². The lowest BCUT2D eigenvalue weighted by molar-refractivity contribution is -0.153. The molecular weight excluding hydrogens is 309 g/mol. The van der Waals surface area contributed by atoms with E-state index in [-0.39, 0.29) is 5.56 Å². The highest BCUT2D eigenvalue weighted by molar-refractivity contribution is 5.98. The number of carbonyl (C=O) groups is 4. The number of halogens is 1. The number of urea groups is 1. The van der Waals surface area contributed by atoms with Gasteiger partial charge in [-0.3, -0.25) is 19.7 Å². The van der Waals surface area contributed by atoms with Crippen LogP contribution in [-0.2, 0) is 14.3 Å². The molecule has 1 atom stereocenters. The highest BCUT2D eigenvalue weighted by Gasteiger charge is 2.19. The molecule has 0 heterocycles. The summed E-state index contributed by atoms with van der Waals surface area (Å²) in [5.41, 5.74) is 0.171. The summed E-state index contributed by atoms with van der Waals surface area (Å²) >= 11 is 0. The summed E-state index contributed by atoms with van der Waals surface area (Å²) in [6.45, 7) is 0.797. The smallest absolute Gasteiger partial charge is 0.326 e. The fraction of sp³-hybridized carbons (Fsp3) is 0.286. The van der Waals surface area contributed by atoms with Gasteiger partial charge in [0.25, 0.3) is 11.8 Å². The number of rotatable bonds is 5. The normalized spacial score (nSPS) is 11.1. The molecule has 0 saturated carbocycles. The van der Waals surface area contributed by atoms with Crippen molar-refractivity contribution in [3.8, 4) is 0 Å². The Hall–Kier alpha value is -2.97. The van der Waals surface area contributed by atoms with E-state index in [1.165, 1.54) is 26.1 Å². The lowest BCUT2D eigenvalue weighted by Crippen LogP contribution is -2.44. The van der Waals surface area contributed by atoms with E-state index in [4.69, 9.17) is 4.74 Å². The van der Waals surface area contributed by atoms with Gasteiger partial charge in [-0.05, 0) is 31.2 Å². The van der Waals surface area contributed by atoms with E-state index in [1.54, 1.807) is 0 Å². The largest absolute Gasteiger partial charge is 0.451 e. The highest BCUT2D eigenvalue weighted by Crippen LogP contribution is 2.02. The van der Waals surface area contributed by atoms with E-state index in [0.29, 0.717) is 0 Å². The van der Waals surface area contributed by atoms with E-state index in [1.807, 2.05) is 5.32 Å². The number of ether oxygens (including phenoxy) is 1. The first kappa shape index (κ1) is 18.1. The maximum absolute atomic E-state index is 12.7. The van der Waals surface area contributed by atoms with Gasteiger partial charge in [0.05, 0.1) is 0 Å². The van der Waals surface area contributed by atoms with Crippen LogP contribution in [0, 0.1) is 5.82 Å². The molecule has 0 saturated heterocycles. The van der Waals surface area contributed by atoms with Crippen molar-refractivity contribution >= 4 is 23.8 Å². The van der Waals surface area contributed by atoms with Gasteiger partial charge in [0.15, 0.2) is 6.10 Å². The molecule has 0 aliphatic rings. The Kier molecular flexibility index (Phi) is 6.66. The van der Waals surface area contributed by atoms with Crippen LogP contribution in [0.5, 0.6) is 0 Å². The second-order valence-electron chi connectivity index (χ2n) is 4.39. The van der Waals surface area contributed by atoms with Gasteiger partial charge in [0.2, 0.25) is 0 Å². The molecular formula is C14H16FN3O5. The van der Waals surface area contributed by atoms with E-state index in [0.717, 1.165) is 12.1 Å². The number of carbonyl (C=O) groups excluding carboxylic acids is 4. The molecule has 4 amide bonds. The molecule has 1 aromatic rings. The summed E-state index contributed by atoms with van der Waals surface area (Å²) in [6, 6.07) is 4.00. The lowest BCUT2D eigenvalue weighted by Gasteiger charge is -2.13. The Labute approximate surface area is 131 Å². The Morgan fingerprint density at radius 2 is 1.78 bits per heavy atom. The van der Waals surface area contributed by atoms with Gasteiger partial charge in [-0.25, -0.2) is 9.18 Å². The third-order valence-corrected chi connectivity index (χ3v) is 2.64. The second kappa shape index (κ2) is 8.47. The molecule has 0 aliphatic carbocycles. The molecule has 0 spiro atoms. The van der Waals surface area contributed by atoms with E-state index in [9.17, 15) is 23.6 Å². The molecule has 0 radical (unpaired) electrons. The average molecular weight is 325 g/mol. The molecule has 124 valence electrons. The minimum Gasteiger partial charge on any atom is -0.451 e. The molecule has 0 bridgehead atoms. The Morgan fingerprint density at radius 1 is 1.17 bits per heavy atom. The maximum atomic E-state index is 12.7. The molecule has 0 aromatic heterocycles. The van der Waals surface area contributed by atoms with Gasteiger partial charge in [-0.15, -0.1) is 0 Å². The van der Waals surface area contributed by atoms with E-state index >= 15 is 0 Å². The molecule has 3 N–H and O–H groups in total. The summed E-state index contributed by atoms with van der Waals surface area (Å²) in [4.78, 5) is 45.6. The summed E-state index contributed by atoms with van der Waals surface area (Å²) in [5, 5.41) is 6.38. The Balaban J connectivity index is 2.41. The van der Waals surface area contributed by atoms with Crippen molar-refractivity contribution in [3.63, 3.8) is 0 Å². The van der Waals surface area contributed by atoms with Crippen molar-refractivity contribution in [2.45, 2.75) is 13.0 Å². The third kappa shape index (κ3) is 6.12. The van der Waals surface area contributed by atoms with Crippen molar-refractivity contribution < 1.29 is 28.3 Å². The number of hydrogen-bond acceptors (Lipinski definition) is 5. The van der Waals surface area contributed by atoms with Crippen LogP contribution in [0.3, 0.4) is 0 Å². The first-order chi connectivity index (χ1) is 10.8. The molecule has 8 nitrogen and oxygen atoms in total. The van der Waals surface area contributed by atoms with Gasteiger partial charge in [-0.1, -0.05) is 0 Å². The van der Waals surface area contributed by atoms with Crippen molar-refractivity contribution in [3.05, 3.63) is 35.6 Å². The van der Waals surface area contributed by atoms with E-state index in [2.05, 4.69) is 10.6 Å². The molecule has 23 heavy (non-hydrogen) atoms. The van der Waals surface area contributed by atoms with Crippen LogP contribution in [0.25, 0.3) is 0 Å². The molecule has 0 fully saturated rings. The Morgan fingerprint density at radius 3 is 2.35 bits per heavy atom. The zero-order valence-corrected chi connectivity index (χ0v) is 12.5. The van der Waals surface area contributed by atoms with Crippen LogP contribution in [0.4, 0.5) is 9.18 Å². The number of benzene rings is 1. The molecule has 0 aliphatic heterocycles. The lowest BCUT2D eigenvalue weighted by atomic mass is 10.2. The maximum Gasteiger partial charge on any atom is 0.326 e. The predicted molar refractivity (Wildman–Crippen MR) is 76.9 cm³/mol. The van der Waals surface area contributed by atoms with Gasteiger partial charge in [0.1, 0.15) is 12.4 Å². The van der Waals surface area contributed by atoms with Crippen molar-refractivity contribution in [1.82, 2.24) is 16.0 Å². The minimum absolute atomic E-state index is 0.171. The molecule has 1 aromatic carbocycles. The van der Waals surface area contributed by atoms with Crippen molar-refractivity contribution in [2.75, 3.05) is 13.6 Å². The monoisotopic (exact) mass is 325 g/mol. The van der Waals surface area contributed by atoms with E-state index < -0.39 is 42.3 Å². The summed E-state index contributed by atoms with van der Waals surface area (Å²) in [5.74, 6) is -2.75. The van der Waals surface area contributed by atoms with Crippen LogP contribution in [0.1, 0.15) is 17.3 Å². The zero-order chi connectivity index (χ0) is 17.4. The Bertz CT molecular complexity index is 603. The summed E-state index contributed by atoms with van der Waals surface area (Å²) in [6.07, 6.45) is -1.21. The molecule has 9 heteroatoms. The fourth-order valence-corrected chi connectivity index (χ4v) is 1.42. The van der Waals surface area contributed by atoms with Crippen LogP contribution in [0.15, 0.2) is 24.3 Å². The summed E-state index contributed by atoms with van der Waals surface area (Å²) < 4.78 is 17.5. The number of esters is 1. The van der Waals surface area contributed by atoms with Gasteiger partial charge in [0, 0.05) is 12.6 Å². The highest BCUT2D eigenvalue weighted by atomic mass is 19.1. The number of hydrogen-bond donors (Lipinski definition) is 3. The van der Waals surface area contributed by atoms with Crippen LogP contribution in [0.2, 0.25) is 0 Å². The number of nitrogens with one attached hydrogen (secondary N) is 3. The fourth-order valence-electron chi connectivity index (χ4n) is 1.42. The third-order valence-electron chi connectivity index (χ3n) is 2.64. The average Bonchev–Trinajstić information content (AvgIpc) is 2.52. The number of imide groups is 1. The standard InChI is InChI=1S/C14H16FN3O5/c1-8(12(20)18-14(22)16-2)23-11(19)7-17-13(21)9-3-5-10(15)6-4-9/h3-6,8H,7H2,1-2H3,(H,17,21)(H2,16,18,20,22)/t8-/m0/s1. The van der Waals surface area contributed by atoms with Gasteiger partial charge >= 0.3 is 12.0 Å². The first-order valence-corrected chi connectivity index (χ1v) is 6.59. The van der Waals surface area contributed by atoms with Crippen LogP contribution < -0.4 is 16.0 Å². The topological polar surface area (TPSA) is 114 Å². The SMILES string of the molecule is CNC(=O)NC(=O)[C@H](C)OC(=O)CNC(=O)c1ccc(F)cc1. The van der Waals surface area contributed by atoms with Gasteiger partial charge in [-0.2, -0.15) is 0 Å². The number of amides is 4. The molecule has 0 unspecified atom stereocenters. The first-order valence-electron chi connectivity index (χ1n) is 6.59. The minimum atomic E-state index is -1.21. The zero-order valence-electron chi connectivity index (χ0n) is 12.5.